The first kappa shape index (κ1) is 15.5. The molecule has 0 saturated carbocycles. The molecular weight excluding hydrogens is 278 g/mol. The number of Topliss-reactive ketones (excluding diaryl/α,β-unsaturated/α-hetero) is 1. The van der Waals surface area contributed by atoms with E-state index in [1.807, 2.05) is 0 Å². The van der Waals surface area contributed by atoms with Crippen LogP contribution >= 0.6 is 0 Å². The fourth-order valence-electron chi connectivity index (χ4n) is 1.33. The highest BCUT2D eigenvalue weighted by molar-refractivity contribution is 6.03. The smallest absolute Gasteiger partial charge is 0.367 e. The van der Waals surface area contributed by atoms with Crippen molar-refractivity contribution in [3.05, 3.63) is 35.4 Å². The van der Waals surface area contributed by atoms with Crippen molar-refractivity contribution < 1.29 is 36.2 Å². The summed E-state index contributed by atoms with van der Waals surface area (Å²) in [5, 5.41) is 8.88. The van der Waals surface area contributed by atoms with Crippen LogP contribution in [0.15, 0.2) is 24.3 Å². The summed E-state index contributed by atoms with van der Waals surface area (Å²) >= 11 is 0. The maximum absolute atomic E-state index is 12.4. The standard InChI is InChI=1S/C11H8F6O2/c1-6-2-4-7(5-3-6)8(18)9(19,10(12,13)14)11(15,16)17/h2-5,19H,1H3. The van der Waals surface area contributed by atoms with Gasteiger partial charge >= 0.3 is 18.0 Å². The molecule has 1 aromatic rings. The van der Waals surface area contributed by atoms with Crippen molar-refractivity contribution in [3.8, 4) is 0 Å². The van der Waals surface area contributed by atoms with E-state index < -0.39 is 29.3 Å². The molecular formula is C11H8F6O2. The predicted octanol–water partition coefficient (Wildman–Crippen LogP) is 3.03. The van der Waals surface area contributed by atoms with Crippen molar-refractivity contribution in [2.75, 3.05) is 0 Å². The number of halogens is 6. The fourth-order valence-corrected chi connectivity index (χ4v) is 1.33. The third kappa shape index (κ3) is 2.58. The Balaban J connectivity index is 3.36. The molecule has 2 nitrogen and oxygen atoms in total. The fraction of sp³-hybridized carbons (Fsp3) is 0.364. The second kappa shape index (κ2) is 4.52. The van der Waals surface area contributed by atoms with Gasteiger partial charge in [-0.05, 0) is 6.92 Å². The lowest BCUT2D eigenvalue weighted by atomic mass is 9.91. The van der Waals surface area contributed by atoms with Crippen LogP contribution in [0.25, 0.3) is 0 Å². The average Bonchev–Trinajstić information content (AvgIpc) is 2.25. The molecule has 8 heteroatoms. The van der Waals surface area contributed by atoms with E-state index in [0.717, 1.165) is 12.1 Å². The number of aryl methyl sites for hydroxylation is 1. The van der Waals surface area contributed by atoms with Crippen LogP contribution < -0.4 is 0 Å². The van der Waals surface area contributed by atoms with E-state index >= 15 is 0 Å². The van der Waals surface area contributed by atoms with Crippen molar-refractivity contribution in [3.63, 3.8) is 0 Å². The van der Waals surface area contributed by atoms with Crippen LogP contribution in [0.5, 0.6) is 0 Å². The number of ketones is 1. The van der Waals surface area contributed by atoms with Crippen LogP contribution in [-0.2, 0) is 0 Å². The summed E-state index contributed by atoms with van der Waals surface area (Å²) < 4.78 is 74.5. The molecule has 0 saturated heterocycles. The number of carbonyl (C=O) groups excluding carboxylic acids is 1. The van der Waals surface area contributed by atoms with E-state index in [-0.39, 0.29) is 0 Å². The van der Waals surface area contributed by atoms with E-state index in [2.05, 4.69) is 0 Å². The molecule has 0 aliphatic heterocycles. The zero-order valence-corrected chi connectivity index (χ0v) is 9.43. The molecule has 1 rings (SSSR count). The molecule has 19 heavy (non-hydrogen) atoms. The van der Waals surface area contributed by atoms with Gasteiger partial charge in [0.2, 0.25) is 5.78 Å². The minimum atomic E-state index is -6.16. The quantitative estimate of drug-likeness (QED) is 0.670. The Labute approximate surface area is 103 Å². The molecule has 0 spiro atoms. The van der Waals surface area contributed by atoms with Gasteiger partial charge in [-0.3, -0.25) is 4.79 Å². The first-order chi connectivity index (χ1) is 8.41. The molecule has 0 atom stereocenters. The number of aliphatic hydroxyl groups is 1. The molecule has 0 fully saturated rings. The van der Waals surface area contributed by atoms with Crippen LogP contribution in [0, 0.1) is 6.92 Å². The number of carbonyl (C=O) groups is 1. The van der Waals surface area contributed by atoms with Crippen LogP contribution in [0.1, 0.15) is 15.9 Å². The molecule has 0 heterocycles. The number of alkyl halides is 6. The molecule has 0 aliphatic carbocycles. The van der Waals surface area contributed by atoms with E-state index in [9.17, 15) is 31.1 Å². The summed E-state index contributed by atoms with van der Waals surface area (Å²) in [6.07, 6.45) is -12.3. The Hall–Kier alpha value is -1.57. The van der Waals surface area contributed by atoms with Gasteiger partial charge in [-0.2, -0.15) is 26.3 Å². The largest absolute Gasteiger partial charge is 0.434 e. The lowest BCUT2D eigenvalue weighted by Crippen LogP contribution is -2.62. The summed E-state index contributed by atoms with van der Waals surface area (Å²) in [6.45, 7) is 1.54. The molecule has 0 aliphatic rings. The van der Waals surface area contributed by atoms with Crippen LogP contribution in [0.3, 0.4) is 0 Å². The Morgan fingerprint density at radius 2 is 1.32 bits per heavy atom. The maximum atomic E-state index is 12.4. The molecule has 0 aromatic heterocycles. The lowest BCUT2D eigenvalue weighted by Gasteiger charge is -2.30. The van der Waals surface area contributed by atoms with Gasteiger partial charge in [0, 0.05) is 5.56 Å². The summed E-state index contributed by atoms with van der Waals surface area (Å²) in [4.78, 5) is 11.4. The van der Waals surface area contributed by atoms with Gasteiger partial charge in [-0.1, -0.05) is 29.8 Å². The SMILES string of the molecule is Cc1ccc(C(=O)C(O)(C(F)(F)F)C(F)(F)F)cc1. The van der Waals surface area contributed by atoms with Crippen LogP contribution in [0.4, 0.5) is 26.3 Å². The Morgan fingerprint density at radius 3 is 1.63 bits per heavy atom. The van der Waals surface area contributed by atoms with Crippen molar-refractivity contribution in [2.24, 2.45) is 0 Å². The predicted molar refractivity (Wildman–Crippen MR) is 52.6 cm³/mol. The van der Waals surface area contributed by atoms with Crippen molar-refractivity contribution in [1.29, 1.82) is 0 Å². The van der Waals surface area contributed by atoms with Crippen molar-refractivity contribution >= 4 is 5.78 Å². The first-order valence-corrected chi connectivity index (χ1v) is 4.88. The van der Waals surface area contributed by atoms with Crippen LogP contribution in [0.2, 0.25) is 0 Å². The summed E-state index contributed by atoms with van der Waals surface area (Å²) in [7, 11) is 0. The number of benzene rings is 1. The van der Waals surface area contributed by atoms with Gasteiger partial charge < -0.3 is 5.11 Å². The number of rotatable bonds is 2. The second-order valence-corrected chi connectivity index (χ2v) is 3.90. The third-order valence-electron chi connectivity index (χ3n) is 2.46. The Bertz CT molecular complexity index is 457. The van der Waals surface area contributed by atoms with Crippen molar-refractivity contribution in [1.82, 2.24) is 0 Å². The average molecular weight is 286 g/mol. The molecule has 0 amide bonds. The lowest BCUT2D eigenvalue weighted by molar-refractivity contribution is -0.342. The van der Waals surface area contributed by atoms with Gasteiger partial charge in [0.15, 0.2) is 0 Å². The third-order valence-corrected chi connectivity index (χ3v) is 2.46. The van der Waals surface area contributed by atoms with E-state index in [1.54, 1.807) is 0 Å². The van der Waals surface area contributed by atoms with Gasteiger partial charge in [-0.25, -0.2) is 0 Å². The highest BCUT2D eigenvalue weighted by Gasteiger charge is 2.75. The normalized spacial score (nSPS) is 13.5. The molecule has 1 N–H and O–H groups in total. The van der Waals surface area contributed by atoms with Gasteiger partial charge in [0.1, 0.15) is 0 Å². The topological polar surface area (TPSA) is 37.3 Å². The highest BCUT2D eigenvalue weighted by atomic mass is 19.4. The zero-order chi connectivity index (χ0) is 15.1. The van der Waals surface area contributed by atoms with E-state index in [4.69, 9.17) is 5.11 Å². The number of hydrogen-bond donors (Lipinski definition) is 1. The number of hydrogen-bond acceptors (Lipinski definition) is 2. The van der Waals surface area contributed by atoms with Gasteiger partial charge in [0.25, 0.3) is 0 Å². The Morgan fingerprint density at radius 1 is 0.947 bits per heavy atom. The minimum Gasteiger partial charge on any atom is -0.367 e. The summed E-state index contributed by atoms with van der Waals surface area (Å²) in [5.74, 6) is -2.45. The first-order valence-electron chi connectivity index (χ1n) is 4.88. The van der Waals surface area contributed by atoms with Gasteiger partial charge in [-0.15, -0.1) is 0 Å². The molecule has 0 unspecified atom stereocenters. The Kier molecular flexibility index (Phi) is 3.68. The van der Waals surface area contributed by atoms with Crippen LogP contribution in [-0.4, -0.2) is 28.8 Å². The highest BCUT2D eigenvalue weighted by Crippen LogP contribution is 2.44. The maximum Gasteiger partial charge on any atom is 0.434 e. The van der Waals surface area contributed by atoms with E-state index in [0.29, 0.717) is 5.56 Å². The van der Waals surface area contributed by atoms with Gasteiger partial charge in [0.05, 0.1) is 0 Å². The molecule has 0 bridgehead atoms. The molecule has 106 valence electrons. The monoisotopic (exact) mass is 286 g/mol. The van der Waals surface area contributed by atoms with Crippen molar-refractivity contribution in [2.45, 2.75) is 24.9 Å². The molecule has 1 aromatic carbocycles. The van der Waals surface area contributed by atoms with E-state index in [1.165, 1.54) is 19.1 Å². The molecule has 0 radical (unpaired) electrons. The summed E-state index contributed by atoms with van der Waals surface area (Å²) in [6, 6.07) is 3.92. The summed E-state index contributed by atoms with van der Waals surface area (Å²) in [5.41, 5.74) is -5.74. The minimum absolute atomic E-state index is 0.541. The zero-order valence-electron chi connectivity index (χ0n) is 9.43. The second-order valence-electron chi connectivity index (χ2n) is 3.90.